The van der Waals surface area contributed by atoms with Crippen LogP contribution in [0, 0.1) is 10.1 Å². The predicted octanol–water partition coefficient (Wildman–Crippen LogP) is 4.19. The lowest BCUT2D eigenvalue weighted by Crippen LogP contribution is -2.49. The third-order valence-electron chi connectivity index (χ3n) is 5.13. The van der Waals surface area contributed by atoms with Crippen LogP contribution in [0.5, 0.6) is 0 Å². The van der Waals surface area contributed by atoms with Crippen molar-refractivity contribution >= 4 is 39.8 Å². The maximum absolute atomic E-state index is 12.6. The molecule has 29 heavy (non-hydrogen) atoms. The number of anilines is 1. The Kier molecular flexibility index (Phi) is 5.67. The molecule has 3 aromatic rings. The minimum atomic E-state index is -0.354. The highest BCUT2D eigenvalue weighted by Gasteiger charge is 2.25. The summed E-state index contributed by atoms with van der Waals surface area (Å²) >= 11 is 1.55. The number of rotatable bonds is 5. The SMILES string of the molecule is O=C(CSc1ccc2ccccc2c1)N1CCN(c2ccccc2[N+](=O)[O-])CC1. The quantitative estimate of drug-likeness (QED) is 0.360. The topological polar surface area (TPSA) is 66.7 Å². The van der Waals surface area contributed by atoms with Crippen molar-refractivity contribution in [3.8, 4) is 0 Å². The normalized spacial score (nSPS) is 14.2. The van der Waals surface area contributed by atoms with Crippen LogP contribution in [-0.4, -0.2) is 47.7 Å². The molecule has 6 nitrogen and oxygen atoms in total. The van der Waals surface area contributed by atoms with E-state index in [4.69, 9.17) is 0 Å². The Bertz CT molecular complexity index is 1050. The van der Waals surface area contributed by atoms with Gasteiger partial charge in [-0.2, -0.15) is 0 Å². The summed E-state index contributed by atoms with van der Waals surface area (Å²) < 4.78 is 0. The number of nitro groups is 1. The van der Waals surface area contributed by atoms with Crippen LogP contribution in [0.15, 0.2) is 71.6 Å². The molecular weight excluding hydrogens is 386 g/mol. The highest BCUT2D eigenvalue weighted by atomic mass is 32.2. The van der Waals surface area contributed by atoms with Crippen molar-refractivity contribution in [3.05, 3.63) is 76.8 Å². The fourth-order valence-corrected chi connectivity index (χ4v) is 4.42. The molecule has 4 rings (SSSR count). The molecule has 1 saturated heterocycles. The van der Waals surface area contributed by atoms with Gasteiger partial charge >= 0.3 is 0 Å². The molecule has 0 spiro atoms. The van der Waals surface area contributed by atoms with Crippen LogP contribution >= 0.6 is 11.8 Å². The molecule has 0 saturated carbocycles. The number of hydrogen-bond acceptors (Lipinski definition) is 5. The standard InChI is InChI=1S/C22H21N3O3S/c26-22(16-29-19-10-9-17-5-1-2-6-18(17)15-19)24-13-11-23(12-14-24)20-7-3-4-8-21(20)25(27)28/h1-10,15H,11-14,16H2. The first-order valence-electron chi connectivity index (χ1n) is 9.49. The zero-order valence-electron chi connectivity index (χ0n) is 15.9. The molecule has 1 heterocycles. The van der Waals surface area contributed by atoms with Crippen LogP contribution in [0.1, 0.15) is 0 Å². The largest absolute Gasteiger partial charge is 0.362 e. The van der Waals surface area contributed by atoms with Gasteiger partial charge in [-0.1, -0.05) is 42.5 Å². The maximum Gasteiger partial charge on any atom is 0.292 e. The summed E-state index contributed by atoms with van der Waals surface area (Å²) in [5, 5.41) is 13.6. The number of piperazine rings is 1. The fraction of sp³-hybridized carbons (Fsp3) is 0.227. The Morgan fingerprint density at radius 2 is 1.62 bits per heavy atom. The minimum Gasteiger partial charge on any atom is -0.362 e. The Balaban J connectivity index is 1.34. The summed E-state index contributed by atoms with van der Waals surface area (Å²) in [6, 6.07) is 21.2. The van der Waals surface area contributed by atoms with Crippen LogP contribution in [0.3, 0.4) is 0 Å². The van der Waals surface area contributed by atoms with Crippen LogP contribution in [0.4, 0.5) is 11.4 Å². The second kappa shape index (κ2) is 8.53. The van der Waals surface area contributed by atoms with E-state index in [9.17, 15) is 14.9 Å². The Hall–Kier alpha value is -3.06. The molecule has 1 amide bonds. The number of hydrogen-bond donors (Lipinski definition) is 0. The van der Waals surface area contributed by atoms with Crippen molar-refractivity contribution in [1.82, 2.24) is 4.90 Å². The van der Waals surface area contributed by atoms with Gasteiger partial charge in [0.15, 0.2) is 0 Å². The summed E-state index contributed by atoms with van der Waals surface area (Å²) in [6.07, 6.45) is 0. The van der Waals surface area contributed by atoms with Gasteiger partial charge in [-0.15, -0.1) is 11.8 Å². The summed E-state index contributed by atoms with van der Waals surface area (Å²) in [6.45, 7) is 2.33. The van der Waals surface area contributed by atoms with Crippen molar-refractivity contribution in [2.24, 2.45) is 0 Å². The molecule has 1 fully saturated rings. The van der Waals surface area contributed by atoms with E-state index in [-0.39, 0.29) is 16.5 Å². The zero-order chi connectivity index (χ0) is 20.2. The molecule has 1 aliphatic rings. The zero-order valence-corrected chi connectivity index (χ0v) is 16.7. The molecule has 0 radical (unpaired) electrons. The van der Waals surface area contributed by atoms with Gasteiger partial charge in [-0.3, -0.25) is 14.9 Å². The van der Waals surface area contributed by atoms with Crippen molar-refractivity contribution in [1.29, 1.82) is 0 Å². The number of carbonyl (C=O) groups excluding carboxylic acids is 1. The molecule has 0 bridgehead atoms. The molecule has 148 valence electrons. The lowest BCUT2D eigenvalue weighted by Gasteiger charge is -2.35. The molecule has 0 N–H and O–H groups in total. The Morgan fingerprint density at radius 3 is 2.38 bits per heavy atom. The lowest BCUT2D eigenvalue weighted by molar-refractivity contribution is -0.384. The van der Waals surface area contributed by atoms with Crippen LogP contribution in [-0.2, 0) is 4.79 Å². The number of para-hydroxylation sites is 2. The van der Waals surface area contributed by atoms with Crippen molar-refractivity contribution < 1.29 is 9.72 Å². The number of fused-ring (bicyclic) bond motifs is 1. The highest BCUT2D eigenvalue weighted by Crippen LogP contribution is 2.29. The molecular formula is C22H21N3O3S. The predicted molar refractivity (Wildman–Crippen MR) is 117 cm³/mol. The molecule has 0 unspecified atom stereocenters. The first-order chi connectivity index (χ1) is 14.1. The number of nitrogens with zero attached hydrogens (tertiary/aromatic N) is 3. The van der Waals surface area contributed by atoms with Crippen LogP contribution in [0.25, 0.3) is 10.8 Å². The van der Waals surface area contributed by atoms with Gasteiger partial charge in [0.2, 0.25) is 5.91 Å². The molecule has 1 aliphatic heterocycles. The number of nitro benzene ring substituents is 1. The number of carbonyl (C=O) groups is 1. The third kappa shape index (κ3) is 4.35. The monoisotopic (exact) mass is 407 g/mol. The van der Waals surface area contributed by atoms with E-state index in [1.54, 1.807) is 30.0 Å². The molecule has 7 heteroatoms. The maximum atomic E-state index is 12.6. The smallest absolute Gasteiger partial charge is 0.292 e. The number of amides is 1. The summed E-state index contributed by atoms with van der Waals surface area (Å²) in [7, 11) is 0. The molecule has 0 aliphatic carbocycles. The van der Waals surface area contributed by atoms with E-state index in [0.29, 0.717) is 37.6 Å². The average molecular weight is 407 g/mol. The van der Waals surface area contributed by atoms with E-state index < -0.39 is 0 Å². The number of thioether (sulfide) groups is 1. The summed E-state index contributed by atoms with van der Waals surface area (Å²) in [4.78, 5) is 28.4. The van der Waals surface area contributed by atoms with Crippen LogP contribution in [0.2, 0.25) is 0 Å². The van der Waals surface area contributed by atoms with Gasteiger partial charge in [0, 0.05) is 37.1 Å². The van der Waals surface area contributed by atoms with Gasteiger partial charge in [0.25, 0.3) is 5.69 Å². The Morgan fingerprint density at radius 1 is 0.931 bits per heavy atom. The minimum absolute atomic E-state index is 0.102. The van der Waals surface area contributed by atoms with Gasteiger partial charge in [0.1, 0.15) is 5.69 Å². The van der Waals surface area contributed by atoms with Gasteiger partial charge in [-0.25, -0.2) is 0 Å². The van der Waals surface area contributed by atoms with Gasteiger partial charge in [-0.05, 0) is 29.0 Å². The highest BCUT2D eigenvalue weighted by molar-refractivity contribution is 8.00. The first kappa shape index (κ1) is 19.3. The van der Waals surface area contributed by atoms with E-state index in [2.05, 4.69) is 24.3 Å². The van der Waals surface area contributed by atoms with Gasteiger partial charge < -0.3 is 9.80 Å². The van der Waals surface area contributed by atoms with Gasteiger partial charge in [0.05, 0.1) is 10.7 Å². The Labute approximate surface area is 173 Å². The molecule has 0 atom stereocenters. The van der Waals surface area contributed by atoms with Crippen molar-refractivity contribution in [2.45, 2.75) is 4.90 Å². The van der Waals surface area contributed by atoms with Crippen molar-refractivity contribution in [2.75, 3.05) is 36.8 Å². The van der Waals surface area contributed by atoms with Crippen LogP contribution < -0.4 is 4.90 Å². The van der Waals surface area contributed by atoms with E-state index in [1.165, 1.54) is 16.8 Å². The second-order valence-electron chi connectivity index (χ2n) is 6.91. The van der Waals surface area contributed by atoms with E-state index in [0.717, 1.165) is 4.90 Å². The summed E-state index contributed by atoms with van der Waals surface area (Å²) in [5.41, 5.74) is 0.731. The average Bonchev–Trinajstić information content (AvgIpc) is 2.77. The molecule has 3 aromatic carbocycles. The molecule has 0 aromatic heterocycles. The second-order valence-corrected chi connectivity index (χ2v) is 7.96. The van der Waals surface area contributed by atoms with Crippen molar-refractivity contribution in [3.63, 3.8) is 0 Å². The fourth-order valence-electron chi connectivity index (χ4n) is 3.58. The van der Waals surface area contributed by atoms with E-state index >= 15 is 0 Å². The first-order valence-corrected chi connectivity index (χ1v) is 10.5. The third-order valence-corrected chi connectivity index (χ3v) is 6.11. The van der Waals surface area contributed by atoms with E-state index in [1.807, 2.05) is 28.0 Å². The lowest BCUT2D eigenvalue weighted by atomic mass is 10.1. The number of benzene rings is 3. The summed E-state index contributed by atoms with van der Waals surface area (Å²) in [5.74, 6) is 0.495.